The fourth-order valence-electron chi connectivity index (χ4n) is 3.29. The molecule has 0 fully saturated rings. The lowest BCUT2D eigenvalue weighted by atomic mass is 10.2. The number of nitrogens with zero attached hydrogens (tertiary/aromatic N) is 4. The Hall–Kier alpha value is -3.88. The summed E-state index contributed by atoms with van der Waals surface area (Å²) >= 11 is 0. The second-order valence-corrected chi connectivity index (χ2v) is 6.96. The second-order valence-electron chi connectivity index (χ2n) is 6.96. The highest BCUT2D eigenvalue weighted by Gasteiger charge is 2.23. The number of amides is 1. The lowest BCUT2D eigenvalue weighted by molar-refractivity contribution is 0.0761. The molecule has 2 aromatic carbocycles. The fourth-order valence-corrected chi connectivity index (χ4v) is 3.29. The van der Waals surface area contributed by atoms with Gasteiger partial charge in [0, 0.05) is 13.1 Å². The number of hydrogen-bond acceptors (Lipinski definition) is 6. The molecule has 0 saturated heterocycles. The van der Waals surface area contributed by atoms with Crippen molar-refractivity contribution in [2.24, 2.45) is 0 Å². The Labute approximate surface area is 185 Å². The van der Waals surface area contributed by atoms with Gasteiger partial charge in [-0.15, -0.1) is 0 Å². The molecule has 3 rings (SSSR count). The van der Waals surface area contributed by atoms with Crippen molar-refractivity contribution in [1.82, 2.24) is 19.2 Å². The standard InChI is InChI=1S/C23H26N4O5/c1-5-25(6-2)21(28)20-22(29)26(15-16-8-7-9-19(14-16)32-4)23(30)27(24-20)17-10-12-18(31-3)13-11-17/h7-14H,5-6,15H2,1-4H3. The van der Waals surface area contributed by atoms with Gasteiger partial charge < -0.3 is 14.4 Å². The van der Waals surface area contributed by atoms with Crippen LogP contribution in [0.3, 0.4) is 0 Å². The molecular formula is C23H26N4O5. The third-order valence-corrected chi connectivity index (χ3v) is 5.10. The van der Waals surface area contributed by atoms with E-state index in [-0.39, 0.29) is 12.2 Å². The first kappa shape index (κ1) is 22.8. The van der Waals surface area contributed by atoms with Crippen LogP contribution in [0.25, 0.3) is 5.69 Å². The van der Waals surface area contributed by atoms with Gasteiger partial charge >= 0.3 is 5.69 Å². The second kappa shape index (κ2) is 9.95. The largest absolute Gasteiger partial charge is 0.497 e. The zero-order valence-electron chi connectivity index (χ0n) is 18.6. The monoisotopic (exact) mass is 438 g/mol. The van der Waals surface area contributed by atoms with E-state index < -0.39 is 17.2 Å². The van der Waals surface area contributed by atoms with E-state index in [9.17, 15) is 14.4 Å². The van der Waals surface area contributed by atoms with Crippen LogP contribution in [0, 0.1) is 0 Å². The van der Waals surface area contributed by atoms with Crippen LogP contribution in [0.5, 0.6) is 11.5 Å². The minimum atomic E-state index is -0.737. The minimum absolute atomic E-state index is 0.0356. The Morgan fingerprint density at radius 1 is 0.969 bits per heavy atom. The van der Waals surface area contributed by atoms with Gasteiger partial charge in [-0.3, -0.25) is 14.2 Å². The van der Waals surface area contributed by atoms with Crippen molar-refractivity contribution in [3.8, 4) is 17.2 Å². The smallest absolute Gasteiger partial charge is 0.352 e. The van der Waals surface area contributed by atoms with Crippen molar-refractivity contribution in [1.29, 1.82) is 0 Å². The summed E-state index contributed by atoms with van der Waals surface area (Å²) in [6.07, 6.45) is 0. The summed E-state index contributed by atoms with van der Waals surface area (Å²) < 4.78 is 12.5. The lowest BCUT2D eigenvalue weighted by Crippen LogP contribution is -2.46. The van der Waals surface area contributed by atoms with E-state index in [0.717, 1.165) is 9.25 Å². The van der Waals surface area contributed by atoms with Crippen LogP contribution < -0.4 is 20.7 Å². The van der Waals surface area contributed by atoms with Crippen molar-refractivity contribution in [3.63, 3.8) is 0 Å². The summed E-state index contributed by atoms with van der Waals surface area (Å²) in [5.41, 5.74) is -0.619. The number of benzene rings is 2. The van der Waals surface area contributed by atoms with Gasteiger partial charge in [0.15, 0.2) is 0 Å². The molecule has 0 aliphatic heterocycles. The highest BCUT2D eigenvalue weighted by Crippen LogP contribution is 2.14. The Morgan fingerprint density at radius 2 is 1.62 bits per heavy atom. The molecule has 0 aliphatic carbocycles. The highest BCUT2D eigenvalue weighted by molar-refractivity contribution is 5.91. The number of carbonyl (C=O) groups excluding carboxylic acids is 1. The molecule has 0 saturated carbocycles. The van der Waals surface area contributed by atoms with Gasteiger partial charge in [0.25, 0.3) is 11.5 Å². The number of methoxy groups -OCH3 is 2. The summed E-state index contributed by atoms with van der Waals surface area (Å²) in [4.78, 5) is 41.0. The quantitative estimate of drug-likeness (QED) is 0.533. The highest BCUT2D eigenvalue weighted by atomic mass is 16.5. The molecule has 0 spiro atoms. The Balaban J connectivity index is 2.21. The molecule has 3 aromatic rings. The van der Waals surface area contributed by atoms with Crippen molar-refractivity contribution in [2.45, 2.75) is 20.4 Å². The van der Waals surface area contributed by atoms with Crippen LogP contribution in [0.1, 0.15) is 29.9 Å². The third kappa shape index (κ3) is 4.56. The van der Waals surface area contributed by atoms with E-state index in [0.29, 0.717) is 35.8 Å². The van der Waals surface area contributed by atoms with Crippen molar-refractivity contribution in [3.05, 3.63) is 80.6 Å². The maximum atomic E-state index is 13.3. The maximum Gasteiger partial charge on any atom is 0.352 e. The van der Waals surface area contributed by atoms with Crippen LogP contribution in [0.4, 0.5) is 0 Å². The minimum Gasteiger partial charge on any atom is -0.497 e. The first-order valence-corrected chi connectivity index (χ1v) is 10.2. The van der Waals surface area contributed by atoms with E-state index in [2.05, 4.69) is 5.10 Å². The van der Waals surface area contributed by atoms with Crippen LogP contribution in [0.15, 0.2) is 58.1 Å². The van der Waals surface area contributed by atoms with Gasteiger partial charge in [-0.05, 0) is 55.8 Å². The fraction of sp³-hybridized carbons (Fsp3) is 0.304. The molecule has 32 heavy (non-hydrogen) atoms. The summed E-state index contributed by atoms with van der Waals surface area (Å²) in [7, 11) is 3.07. The molecule has 0 bridgehead atoms. The number of carbonyl (C=O) groups is 1. The molecule has 9 heteroatoms. The first-order chi connectivity index (χ1) is 15.4. The number of hydrogen-bond donors (Lipinski definition) is 0. The zero-order valence-corrected chi connectivity index (χ0v) is 18.6. The van der Waals surface area contributed by atoms with Gasteiger partial charge in [-0.2, -0.15) is 9.78 Å². The first-order valence-electron chi connectivity index (χ1n) is 10.2. The molecule has 0 unspecified atom stereocenters. The SMILES string of the molecule is CCN(CC)C(=O)c1nn(-c2ccc(OC)cc2)c(=O)n(Cc2cccc(OC)c2)c1=O. The van der Waals surface area contributed by atoms with Gasteiger partial charge in [-0.25, -0.2) is 4.79 Å². The summed E-state index contributed by atoms with van der Waals surface area (Å²) in [5.74, 6) is 0.673. The van der Waals surface area contributed by atoms with Gasteiger partial charge in [-0.1, -0.05) is 12.1 Å². The van der Waals surface area contributed by atoms with Gasteiger partial charge in [0.2, 0.25) is 5.69 Å². The van der Waals surface area contributed by atoms with E-state index in [1.807, 2.05) is 13.8 Å². The molecule has 1 heterocycles. The van der Waals surface area contributed by atoms with Crippen LogP contribution in [-0.4, -0.2) is 52.5 Å². The Kier molecular flexibility index (Phi) is 7.09. The Morgan fingerprint density at radius 3 is 2.22 bits per heavy atom. The van der Waals surface area contributed by atoms with Crippen molar-refractivity contribution >= 4 is 5.91 Å². The van der Waals surface area contributed by atoms with Gasteiger partial charge in [0.1, 0.15) is 11.5 Å². The van der Waals surface area contributed by atoms with E-state index in [1.165, 1.54) is 19.1 Å². The average Bonchev–Trinajstić information content (AvgIpc) is 2.83. The van der Waals surface area contributed by atoms with Crippen LogP contribution in [-0.2, 0) is 6.54 Å². The molecule has 0 N–H and O–H groups in total. The average molecular weight is 438 g/mol. The topological polar surface area (TPSA) is 95.7 Å². The van der Waals surface area contributed by atoms with Gasteiger partial charge in [0.05, 0.1) is 26.5 Å². The normalized spacial score (nSPS) is 10.6. The van der Waals surface area contributed by atoms with E-state index >= 15 is 0 Å². The zero-order chi connectivity index (χ0) is 23.3. The summed E-state index contributed by atoms with van der Waals surface area (Å²) in [5, 5.41) is 4.16. The maximum absolute atomic E-state index is 13.3. The molecule has 1 aromatic heterocycles. The summed E-state index contributed by atoms with van der Waals surface area (Å²) in [6, 6.07) is 13.7. The molecule has 168 valence electrons. The molecule has 1 amide bonds. The third-order valence-electron chi connectivity index (χ3n) is 5.10. The number of aromatic nitrogens is 3. The molecule has 0 radical (unpaired) electrons. The molecular weight excluding hydrogens is 412 g/mol. The number of ether oxygens (including phenoxy) is 2. The summed E-state index contributed by atoms with van der Waals surface area (Å²) in [6.45, 7) is 4.42. The van der Waals surface area contributed by atoms with Crippen LogP contribution >= 0.6 is 0 Å². The molecule has 9 nitrogen and oxygen atoms in total. The van der Waals surface area contributed by atoms with Crippen molar-refractivity contribution < 1.29 is 14.3 Å². The lowest BCUT2D eigenvalue weighted by Gasteiger charge is -2.19. The van der Waals surface area contributed by atoms with Crippen molar-refractivity contribution in [2.75, 3.05) is 27.3 Å². The van der Waals surface area contributed by atoms with Crippen LogP contribution in [0.2, 0.25) is 0 Å². The predicted octanol–water partition coefficient (Wildman–Crippen LogP) is 1.94. The predicted molar refractivity (Wildman–Crippen MR) is 120 cm³/mol. The molecule has 0 atom stereocenters. The van der Waals surface area contributed by atoms with E-state index in [1.54, 1.807) is 48.5 Å². The van der Waals surface area contributed by atoms with E-state index in [4.69, 9.17) is 9.47 Å². The number of rotatable bonds is 8. The Bertz CT molecular complexity index is 1210. The molecule has 0 aliphatic rings.